The molecule has 0 aliphatic rings. The summed E-state index contributed by atoms with van der Waals surface area (Å²) in [6.07, 6.45) is 5.48. The molecule has 0 atom stereocenters. The smallest absolute Gasteiger partial charge is 0.550 e. The molecule has 4 aromatic rings. The van der Waals surface area contributed by atoms with Gasteiger partial charge in [0.2, 0.25) is 0 Å². The van der Waals surface area contributed by atoms with Gasteiger partial charge in [-0.25, -0.2) is 9.97 Å². The van der Waals surface area contributed by atoms with E-state index in [9.17, 15) is 10.2 Å². The minimum absolute atomic E-state index is 0. The van der Waals surface area contributed by atoms with Crippen molar-refractivity contribution in [2.45, 2.75) is 59.8 Å². The van der Waals surface area contributed by atoms with Crippen LogP contribution in [0.3, 0.4) is 0 Å². The zero-order valence-electron chi connectivity index (χ0n) is 27.0. The first-order valence-corrected chi connectivity index (χ1v) is 14.5. The van der Waals surface area contributed by atoms with E-state index in [1.807, 2.05) is 60.7 Å². The molecule has 2 heterocycles. The Morgan fingerprint density at radius 3 is 1.49 bits per heavy atom. The predicted molar refractivity (Wildman–Crippen MR) is 168 cm³/mol. The van der Waals surface area contributed by atoms with Gasteiger partial charge in [-0.1, -0.05) is 56.5 Å². The van der Waals surface area contributed by atoms with Crippen LogP contribution in [0.1, 0.15) is 58.9 Å². The van der Waals surface area contributed by atoms with Gasteiger partial charge in [-0.05, 0) is 81.6 Å². The molecule has 4 rings (SSSR count). The number of para-hydroxylation sites is 2. The number of rotatable bonds is 9. The van der Waals surface area contributed by atoms with Gasteiger partial charge in [-0.2, -0.15) is 0 Å². The number of benzene rings is 2. The summed E-state index contributed by atoms with van der Waals surface area (Å²) >= 11 is 0. The maximum Gasteiger partial charge on any atom is 3.00 e. The Morgan fingerprint density at radius 1 is 0.638 bits per heavy atom. The number of methoxy groups -OCH3 is 1. The number of carbonyl (C=O) groups is 3. The molecule has 0 radical (unpaired) electrons. The average molecular weight is 687 g/mol. The molecule has 0 amide bonds. The summed E-state index contributed by atoms with van der Waals surface area (Å²) in [6, 6.07) is 22.5. The molecule has 47 heavy (non-hydrogen) atoms. The van der Waals surface area contributed by atoms with Gasteiger partial charge in [0, 0.05) is 29.0 Å². The van der Waals surface area contributed by atoms with Crippen LogP contribution < -0.4 is 20.1 Å². The molecule has 0 saturated carbocycles. The van der Waals surface area contributed by atoms with E-state index in [4.69, 9.17) is 44.4 Å². The molecule has 0 fully saturated rings. The van der Waals surface area contributed by atoms with E-state index in [2.05, 4.69) is 6.92 Å². The number of aromatic hydroxyl groups is 2. The zero-order chi connectivity index (χ0) is 34.6. The van der Waals surface area contributed by atoms with E-state index in [1.165, 1.54) is 26.4 Å². The predicted octanol–water partition coefficient (Wildman–Crippen LogP) is 3.29. The van der Waals surface area contributed by atoms with Gasteiger partial charge in [0.1, 0.15) is 5.75 Å². The number of hydrogen-bond acceptors (Lipinski definition) is 11. The van der Waals surface area contributed by atoms with Crippen LogP contribution >= 0.6 is 0 Å². The SMILES string of the molecule is CC(=O)[O-].CC(=O)[O-].CC(=O)[O-].CCCCCCc1cccc(-c2cccc(-c3cccc(-c4cccc(OC)c4O)n3)n2)c1O.[Mn+3]. The minimum Gasteiger partial charge on any atom is -0.550 e. The third-order valence-corrected chi connectivity index (χ3v) is 5.95. The van der Waals surface area contributed by atoms with Gasteiger partial charge in [0.15, 0.2) is 11.5 Å². The first-order chi connectivity index (χ1) is 21.8. The van der Waals surface area contributed by atoms with E-state index in [0.29, 0.717) is 39.8 Å². The van der Waals surface area contributed by atoms with Crippen LogP contribution in [0.2, 0.25) is 0 Å². The van der Waals surface area contributed by atoms with E-state index in [0.717, 1.165) is 44.7 Å². The Morgan fingerprint density at radius 2 is 1.04 bits per heavy atom. The van der Waals surface area contributed by atoms with Crippen LogP contribution in [0.5, 0.6) is 17.2 Å². The van der Waals surface area contributed by atoms with Gasteiger partial charge in [0.25, 0.3) is 0 Å². The number of aromatic nitrogens is 2. The number of ether oxygens (including phenoxy) is 1. The van der Waals surface area contributed by atoms with Gasteiger partial charge in [0.05, 0.1) is 29.9 Å². The maximum absolute atomic E-state index is 10.9. The van der Waals surface area contributed by atoms with Crippen molar-refractivity contribution in [1.82, 2.24) is 9.97 Å². The molecule has 0 aliphatic heterocycles. The molecule has 2 N–H and O–H groups in total. The van der Waals surface area contributed by atoms with E-state index < -0.39 is 17.9 Å². The quantitative estimate of drug-likeness (QED) is 0.194. The van der Waals surface area contributed by atoms with Crippen LogP contribution in [-0.2, 0) is 37.9 Å². The standard InChI is InChI=1S/C29H30N2O3.3C2H4O2.Mn/c1-3-4-5-6-11-20-12-7-13-21(28(20)32)23-15-9-17-25(30-23)26-18-10-16-24(31-26)22-14-8-19-27(34-2)29(22)33;3*1-2(3)4;/h7-10,12-19,32-33H,3-6,11H2,1-2H3;3*1H3,(H,3,4);/q;;;;+3/p-3. The first-order valence-electron chi connectivity index (χ1n) is 14.5. The molecular formula is C35H39MnN2O9. The Balaban J connectivity index is 0.00000141. The third-order valence-electron chi connectivity index (χ3n) is 5.95. The molecule has 12 heteroatoms. The van der Waals surface area contributed by atoms with Crippen molar-refractivity contribution in [1.29, 1.82) is 0 Å². The summed E-state index contributed by atoms with van der Waals surface area (Å²) in [5, 5.41) is 48.1. The molecule has 0 aliphatic carbocycles. The number of pyridine rings is 2. The monoisotopic (exact) mass is 686 g/mol. The molecule has 2 aromatic carbocycles. The van der Waals surface area contributed by atoms with Gasteiger partial charge in [-0.15, -0.1) is 0 Å². The van der Waals surface area contributed by atoms with Crippen LogP contribution in [0.15, 0.2) is 72.8 Å². The molecule has 0 unspecified atom stereocenters. The number of unbranched alkanes of at least 4 members (excludes halogenated alkanes) is 3. The summed E-state index contributed by atoms with van der Waals surface area (Å²) < 4.78 is 5.23. The topological polar surface area (TPSA) is 196 Å². The molecule has 0 saturated heterocycles. The van der Waals surface area contributed by atoms with Crippen molar-refractivity contribution in [3.8, 4) is 51.2 Å². The number of nitrogens with zero attached hydrogens (tertiary/aromatic N) is 2. The number of aryl methyl sites for hydroxylation is 1. The average Bonchev–Trinajstić information content (AvgIpc) is 2.99. The number of carboxylic acid groups (broad SMARTS) is 3. The van der Waals surface area contributed by atoms with E-state index in [-0.39, 0.29) is 22.8 Å². The molecule has 2 aromatic heterocycles. The molecule has 0 spiro atoms. The first kappa shape index (κ1) is 42.1. The van der Waals surface area contributed by atoms with Crippen molar-refractivity contribution < 1.29 is 61.7 Å². The summed E-state index contributed by atoms with van der Waals surface area (Å²) in [5.41, 5.74) is 4.95. The molecule has 250 valence electrons. The Labute approximate surface area is 285 Å². The maximum atomic E-state index is 10.9. The fraction of sp³-hybridized carbons (Fsp3) is 0.286. The van der Waals surface area contributed by atoms with E-state index in [1.54, 1.807) is 12.1 Å². The Hall–Kier alpha value is -4.93. The second-order valence-corrected chi connectivity index (χ2v) is 9.77. The summed E-state index contributed by atoms with van der Waals surface area (Å²) in [4.78, 5) is 36.2. The Kier molecular flexibility index (Phi) is 20.2. The second kappa shape index (κ2) is 22.6. The number of aliphatic carboxylic acids is 3. The molecule has 11 nitrogen and oxygen atoms in total. The van der Waals surface area contributed by atoms with Crippen LogP contribution in [0.4, 0.5) is 0 Å². The van der Waals surface area contributed by atoms with Gasteiger partial charge in [-0.3, -0.25) is 0 Å². The fourth-order valence-corrected chi connectivity index (χ4v) is 4.09. The van der Waals surface area contributed by atoms with Crippen molar-refractivity contribution >= 4 is 17.9 Å². The summed E-state index contributed by atoms with van der Waals surface area (Å²) in [5.74, 6) is -2.50. The largest absolute Gasteiger partial charge is 3.00 e. The third kappa shape index (κ3) is 15.8. The van der Waals surface area contributed by atoms with Crippen molar-refractivity contribution in [3.63, 3.8) is 0 Å². The fourth-order valence-electron chi connectivity index (χ4n) is 4.09. The van der Waals surface area contributed by atoms with Crippen LogP contribution in [0.25, 0.3) is 33.9 Å². The van der Waals surface area contributed by atoms with Gasteiger partial charge < -0.3 is 44.7 Å². The number of carbonyl (C=O) groups excluding carboxylic acids is 3. The number of hydrogen-bond donors (Lipinski definition) is 2. The normalized spacial score (nSPS) is 9.47. The summed E-state index contributed by atoms with van der Waals surface area (Å²) in [6.45, 7) is 5.11. The second-order valence-electron chi connectivity index (χ2n) is 9.77. The Bertz CT molecular complexity index is 1540. The summed E-state index contributed by atoms with van der Waals surface area (Å²) in [7, 11) is 1.52. The van der Waals surface area contributed by atoms with Crippen LogP contribution in [-0.4, -0.2) is 45.2 Å². The number of carboxylic acids is 3. The van der Waals surface area contributed by atoms with Crippen molar-refractivity contribution in [2.24, 2.45) is 0 Å². The van der Waals surface area contributed by atoms with Gasteiger partial charge >= 0.3 is 17.1 Å². The van der Waals surface area contributed by atoms with Crippen molar-refractivity contribution in [3.05, 3.63) is 78.4 Å². The van der Waals surface area contributed by atoms with Crippen LogP contribution in [0, 0.1) is 0 Å². The number of phenolic OH excluding ortho intramolecular Hbond substituents is 2. The minimum atomic E-state index is -1.08. The van der Waals surface area contributed by atoms with E-state index >= 15 is 0 Å². The van der Waals surface area contributed by atoms with Crippen molar-refractivity contribution in [2.75, 3.05) is 7.11 Å². The zero-order valence-corrected chi connectivity index (χ0v) is 28.2. The number of phenols is 2. The molecular weight excluding hydrogens is 647 g/mol. The molecule has 0 bridgehead atoms.